The van der Waals surface area contributed by atoms with Gasteiger partial charge in [0.2, 0.25) is 0 Å². The summed E-state index contributed by atoms with van der Waals surface area (Å²) < 4.78 is 0. The van der Waals surface area contributed by atoms with Crippen LogP contribution in [-0.2, 0) is 5.75 Å². The lowest BCUT2D eigenvalue weighted by Crippen LogP contribution is -2.40. The van der Waals surface area contributed by atoms with Crippen molar-refractivity contribution in [2.45, 2.75) is 38.5 Å². The molecule has 0 saturated heterocycles. The highest BCUT2D eigenvalue weighted by atomic mass is 32.2. The number of rotatable bonds is 4. The number of nitrogens with one attached hydrogen (secondary N) is 1. The average molecular weight is 237 g/mol. The number of amides is 1. The molecule has 2 nitrogen and oxygen atoms in total. The van der Waals surface area contributed by atoms with Gasteiger partial charge < -0.3 is 5.32 Å². The highest BCUT2D eigenvalue weighted by molar-refractivity contribution is 8.12. The number of benzene rings is 1. The Kier molecular flexibility index (Phi) is 4.87. The Morgan fingerprint density at radius 1 is 1.31 bits per heavy atom. The van der Waals surface area contributed by atoms with E-state index in [0.29, 0.717) is 0 Å². The van der Waals surface area contributed by atoms with E-state index in [4.69, 9.17) is 0 Å². The van der Waals surface area contributed by atoms with Gasteiger partial charge in [0.1, 0.15) is 0 Å². The normalized spacial score (nSPS) is 11.2. The molecule has 0 spiro atoms. The van der Waals surface area contributed by atoms with Gasteiger partial charge in [-0.15, -0.1) is 0 Å². The van der Waals surface area contributed by atoms with E-state index in [9.17, 15) is 4.79 Å². The fourth-order valence-corrected chi connectivity index (χ4v) is 1.96. The molecule has 0 bridgehead atoms. The minimum atomic E-state index is -0.110. The topological polar surface area (TPSA) is 29.1 Å². The second-order valence-electron chi connectivity index (χ2n) is 4.42. The van der Waals surface area contributed by atoms with Gasteiger partial charge in [-0.25, -0.2) is 0 Å². The van der Waals surface area contributed by atoms with Crippen LogP contribution in [-0.4, -0.2) is 10.8 Å². The fraction of sp³-hybridized carbons (Fsp3) is 0.462. The number of carbonyl (C=O) groups excluding carboxylic acids is 1. The van der Waals surface area contributed by atoms with Crippen LogP contribution in [0, 0.1) is 0 Å². The molecule has 0 fully saturated rings. The standard InChI is InChI=1S/C13H19NOS/c1-4-13(2,3)14-12(15)16-10-11-8-6-5-7-9-11/h5-9H,4,10H2,1-3H3,(H,14,15). The van der Waals surface area contributed by atoms with Gasteiger partial charge in [-0.1, -0.05) is 49.0 Å². The summed E-state index contributed by atoms with van der Waals surface area (Å²) in [6, 6.07) is 10.0. The molecule has 0 unspecified atom stereocenters. The first kappa shape index (κ1) is 13.1. The fourth-order valence-electron chi connectivity index (χ4n) is 1.12. The first-order valence-corrected chi connectivity index (χ1v) is 6.51. The Bertz CT molecular complexity index is 335. The molecule has 0 aliphatic rings. The SMILES string of the molecule is CCC(C)(C)NC(=O)SCc1ccccc1. The van der Waals surface area contributed by atoms with E-state index in [2.05, 4.69) is 12.2 Å². The molecule has 1 aromatic carbocycles. The van der Waals surface area contributed by atoms with Crippen LogP contribution in [0.15, 0.2) is 30.3 Å². The van der Waals surface area contributed by atoms with Crippen molar-refractivity contribution in [1.82, 2.24) is 5.32 Å². The number of hydrogen-bond acceptors (Lipinski definition) is 2. The van der Waals surface area contributed by atoms with Crippen molar-refractivity contribution in [2.24, 2.45) is 0 Å². The zero-order valence-electron chi connectivity index (χ0n) is 10.1. The van der Waals surface area contributed by atoms with Crippen LogP contribution in [0.1, 0.15) is 32.8 Å². The molecular formula is C13H19NOS. The van der Waals surface area contributed by atoms with E-state index in [1.54, 1.807) is 0 Å². The smallest absolute Gasteiger partial charge is 0.279 e. The predicted octanol–water partition coefficient (Wildman–Crippen LogP) is 3.82. The number of carbonyl (C=O) groups is 1. The van der Waals surface area contributed by atoms with Gasteiger partial charge in [0.25, 0.3) is 5.24 Å². The monoisotopic (exact) mass is 237 g/mol. The molecule has 88 valence electrons. The summed E-state index contributed by atoms with van der Waals surface area (Å²) in [5.74, 6) is 0.729. The van der Waals surface area contributed by atoms with Crippen LogP contribution >= 0.6 is 11.8 Å². The quantitative estimate of drug-likeness (QED) is 0.862. The van der Waals surface area contributed by atoms with Crippen molar-refractivity contribution >= 4 is 17.0 Å². The molecule has 0 aromatic heterocycles. The molecular weight excluding hydrogens is 218 g/mol. The Morgan fingerprint density at radius 2 is 1.94 bits per heavy atom. The minimum absolute atomic E-state index is 0.0516. The van der Waals surface area contributed by atoms with Crippen molar-refractivity contribution in [3.63, 3.8) is 0 Å². The third kappa shape index (κ3) is 4.71. The van der Waals surface area contributed by atoms with Crippen LogP contribution in [0.2, 0.25) is 0 Å². The average Bonchev–Trinajstić information content (AvgIpc) is 2.27. The number of thioether (sulfide) groups is 1. The Morgan fingerprint density at radius 3 is 2.50 bits per heavy atom. The third-order valence-electron chi connectivity index (χ3n) is 2.54. The van der Waals surface area contributed by atoms with Crippen molar-refractivity contribution in [3.8, 4) is 0 Å². The molecule has 0 aliphatic heterocycles. The van der Waals surface area contributed by atoms with Gasteiger partial charge in [0, 0.05) is 11.3 Å². The van der Waals surface area contributed by atoms with Gasteiger partial charge in [-0.2, -0.15) is 0 Å². The molecule has 0 atom stereocenters. The Labute approximate surface area is 102 Å². The molecule has 1 aromatic rings. The first-order valence-electron chi connectivity index (χ1n) is 5.52. The largest absolute Gasteiger partial charge is 0.342 e. The van der Waals surface area contributed by atoms with Gasteiger partial charge in [0.05, 0.1) is 0 Å². The highest BCUT2D eigenvalue weighted by Gasteiger charge is 2.17. The van der Waals surface area contributed by atoms with E-state index < -0.39 is 0 Å². The molecule has 1 amide bonds. The molecule has 0 radical (unpaired) electrons. The summed E-state index contributed by atoms with van der Waals surface area (Å²) in [5.41, 5.74) is 1.07. The summed E-state index contributed by atoms with van der Waals surface area (Å²) in [5, 5.41) is 3.05. The van der Waals surface area contributed by atoms with Crippen molar-refractivity contribution in [2.75, 3.05) is 0 Å². The van der Waals surface area contributed by atoms with Gasteiger partial charge in [0.15, 0.2) is 0 Å². The maximum absolute atomic E-state index is 11.6. The van der Waals surface area contributed by atoms with E-state index in [-0.39, 0.29) is 10.8 Å². The van der Waals surface area contributed by atoms with Crippen molar-refractivity contribution < 1.29 is 4.79 Å². The molecule has 3 heteroatoms. The van der Waals surface area contributed by atoms with Crippen molar-refractivity contribution in [3.05, 3.63) is 35.9 Å². The molecule has 1 N–H and O–H groups in total. The lowest BCUT2D eigenvalue weighted by Gasteiger charge is -2.23. The van der Waals surface area contributed by atoms with Crippen LogP contribution in [0.4, 0.5) is 4.79 Å². The highest BCUT2D eigenvalue weighted by Crippen LogP contribution is 2.15. The summed E-state index contributed by atoms with van der Waals surface area (Å²) in [6.45, 7) is 6.14. The molecule has 1 rings (SSSR count). The molecule has 0 heterocycles. The number of hydrogen-bond donors (Lipinski definition) is 1. The zero-order chi connectivity index (χ0) is 12.0. The molecule has 0 aliphatic carbocycles. The van der Waals surface area contributed by atoms with E-state index in [0.717, 1.165) is 12.2 Å². The van der Waals surface area contributed by atoms with Crippen LogP contribution < -0.4 is 5.32 Å². The maximum atomic E-state index is 11.6. The van der Waals surface area contributed by atoms with E-state index >= 15 is 0 Å². The third-order valence-corrected chi connectivity index (χ3v) is 3.38. The summed E-state index contributed by atoms with van der Waals surface area (Å²) in [7, 11) is 0. The van der Waals surface area contributed by atoms with Gasteiger partial charge in [-0.3, -0.25) is 4.79 Å². The maximum Gasteiger partial charge on any atom is 0.279 e. The summed E-state index contributed by atoms with van der Waals surface area (Å²) in [6.07, 6.45) is 0.935. The second-order valence-corrected chi connectivity index (χ2v) is 5.37. The van der Waals surface area contributed by atoms with E-state index in [1.165, 1.54) is 17.3 Å². The lowest BCUT2D eigenvalue weighted by atomic mass is 10.0. The lowest BCUT2D eigenvalue weighted by molar-refractivity contribution is 0.250. The minimum Gasteiger partial charge on any atom is -0.342 e. The van der Waals surface area contributed by atoms with Gasteiger partial charge in [-0.05, 0) is 25.8 Å². The van der Waals surface area contributed by atoms with Crippen LogP contribution in [0.5, 0.6) is 0 Å². The summed E-state index contributed by atoms with van der Waals surface area (Å²) >= 11 is 1.32. The van der Waals surface area contributed by atoms with Gasteiger partial charge >= 0.3 is 0 Å². The van der Waals surface area contributed by atoms with E-state index in [1.807, 2.05) is 44.2 Å². The Balaban J connectivity index is 2.36. The molecule has 16 heavy (non-hydrogen) atoms. The first-order chi connectivity index (χ1) is 7.53. The summed E-state index contributed by atoms with van der Waals surface area (Å²) in [4.78, 5) is 11.6. The van der Waals surface area contributed by atoms with Crippen LogP contribution in [0.25, 0.3) is 0 Å². The Hall–Kier alpha value is -0.960. The zero-order valence-corrected chi connectivity index (χ0v) is 10.9. The van der Waals surface area contributed by atoms with Crippen molar-refractivity contribution in [1.29, 1.82) is 0 Å². The molecule has 0 saturated carbocycles. The second kappa shape index (κ2) is 5.94. The van der Waals surface area contributed by atoms with Crippen LogP contribution in [0.3, 0.4) is 0 Å². The predicted molar refractivity (Wildman–Crippen MR) is 70.6 cm³/mol.